The molecular formula is C19H36IN3O3S. The predicted octanol–water partition coefficient (Wildman–Crippen LogP) is 2.72. The second kappa shape index (κ2) is 10.1. The first-order valence-electron chi connectivity index (χ1n) is 10.2. The van der Waals surface area contributed by atoms with Crippen LogP contribution in [0.1, 0.15) is 58.8 Å². The largest absolute Gasteiger partial charge is 0.376 e. The van der Waals surface area contributed by atoms with Crippen molar-refractivity contribution in [1.29, 1.82) is 0 Å². The van der Waals surface area contributed by atoms with Gasteiger partial charge in [0, 0.05) is 25.7 Å². The Morgan fingerprint density at radius 3 is 2.52 bits per heavy atom. The molecule has 2 N–H and O–H groups in total. The third-order valence-electron chi connectivity index (χ3n) is 6.04. The van der Waals surface area contributed by atoms with Crippen molar-refractivity contribution in [1.82, 2.24) is 10.6 Å². The van der Waals surface area contributed by atoms with Crippen molar-refractivity contribution in [3.63, 3.8) is 0 Å². The first-order chi connectivity index (χ1) is 12.3. The van der Waals surface area contributed by atoms with Crippen molar-refractivity contribution >= 4 is 39.8 Å². The summed E-state index contributed by atoms with van der Waals surface area (Å²) in [7, 11) is -2.84. The van der Waals surface area contributed by atoms with E-state index < -0.39 is 9.84 Å². The van der Waals surface area contributed by atoms with E-state index in [9.17, 15) is 8.42 Å². The van der Waals surface area contributed by atoms with Crippen LogP contribution in [0.15, 0.2) is 4.99 Å². The lowest BCUT2D eigenvalue weighted by atomic mass is 9.75. The second-order valence-corrected chi connectivity index (χ2v) is 11.3. The highest BCUT2D eigenvalue weighted by molar-refractivity contribution is 14.0. The molecule has 8 heteroatoms. The van der Waals surface area contributed by atoms with Gasteiger partial charge in [0.25, 0.3) is 0 Å². The fourth-order valence-electron chi connectivity index (χ4n) is 4.14. The first kappa shape index (κ1) is 23.2. The molecule has 6 nitrogen and oxygen atoms in total. The molecule has 3 aliphatic rings. The summed E-state index contributed by atoms with van der Waals surface area (Å²) in [6, 6.07) is 0.450. The molecule has 0 aromatic carbocycles. The molecule has 3 rings (SSSR count). The maximum absolute atomic E-state index is 11.7. The highest BCUT2D eigenvalue weighted by Gasteiger charge is 2.29. The SMILES string of the molecule is CC1(C)CCC(NC(=NCC2CCS(=O)(=O)C2)NCC2CCCO2)CC1.I. The summed E-state index contributed by atoms with van der Waals surface area (Å²) in [6.45, 7) is 6.89. The van der Waals surface area contributed by atoms with Crippen molar-refractivity contribution in [2.75, 3.05) is 31.2 Å². The minimum absolute atomic E-state index is 0. The zero-order valence-corrected chi connectivity index (χ0v) is 19.9. The summed E-state index contributed by atoms with van der Waals surface area (Å²) in [6.07, 6.45) is 8.00. The quantitative estimate of drug-likeness (QED) is 0.336. The highest BCUT2D eigenvalue weighted by Crippen LogP contribution is 2.35. The van der Waals surface area contributed by atoms with Gasteiger partial charge in [0.1, 0.15) is 0 Å². The van der Waals surface area contributed by atoms with Gasteiger partial charge in [-0.1, -0.05) is 13.8 Å². The number of ether oxygens (including phenoxy) is 1. The smallest absolute Gasteiger partial charge is 0.191 e. The number of guanidine groups is 1. The van der Waals surface area contributed by atoms with Gasteiger partial charge in [-0.3, -0.25) is 4.99 Å². The van der Waals surface area contributed by atoms with E-state index in [2.05, 4.69) is 24.5 Å². The molecule has 158 valence electrons. The molecule has 27 heavy (non-hydrogen) atoms. The summed E-state index contributed by atoms with van der Waals surface area (Å²) >= 11 is 0. The lowest BCUT2D eigenvalue weighted by Crippen LogP contribution is -2.47. The van der Waals surface area contributed by atoms with Crippen LogP contribution in [0.4, 0.5) is 0 Å². The molecular weight excluding hydrogens is 477 g/mol. The molecule has 0 bridgehead atoms. The summed E-state index contributed by atoms with van der Waals surface area (Å²) in [5.41, 5.74) is 0.443. The molecule has 2 heterocycles. The summed E-state index contributed by atoms with van der Waals surface area (Å²) in [4.78, 5) is 4.74. The van der Waals surface area contributed by atoms with E-state index >= 15 is 0 Å². The molecule has 2 aliphatic heterocycles. The lowest BCUT2D eigenvalue weighted by Gasteiger charge is -2.35. The Bertz CT molecular complexity index is 593. The van der Waals surface area contributed by atoms with Gasteiger partial charge in [-0.2, -0.15) is 0 Å². The first-order valence-corrected chi connectivity index (χ1v) is 12.0. The molecule has 0 amide bonds. The summed E-state index contributed by atoms with van der Waals surface area (Å²) in [5, 5.41) is 7.04. The Kier molecular flexibility index (Phi) is 8.67. The van der Waals surface area contributed by atoms with Gasteiger partial charge >= 0.3 is 0 Å². The maximum atomic E-state index is 11.7. The number of hydrogen-bond donors (Lipinski definition) is 2. The number of halogens is 1. The van der Waals surface area contributed by atoms with Crippen molar-refractivity contribution in [2.24, 2.45) is 16.3 Å². The van der Waals surface area contributed by atoms with Crippen LogP contribution >= 0.6 is 24.0 Å². The molecule has 1 aliphatic carbocycles. The van der Waals surface area contributed by atoms with Gasteiger partial charge in [0.15, 0.2) is 15.8 Å². The van der Waals surface area contributed by atoms with Crippen molar-refractivity contribution in [3.05, 3.63) is 0 Å². The van der Waals surface area contributed by atoms with E-state index in [1.54, 1.807) is 0 Å². The summed E-state index contributed by atoms with van der Waals surface area (Å²) in [5.74, 6) is 1.59. The minimum atomic E-state index is -2.84. The Morgan fingerprint density at radius 2 is 1.93 bits per heavy atom. The van der Waals surface area contributed by atoms with Crippen LogP contribution in [0.2, 0.25) is 0 Å². The van der Waals surface area contributed by atoms with Crippen LogP contribution in [0.3, 0.4) is 0 Å². The average molecular weight is 513 g/mol. The molecule has 2 atom stereocenters. The predicted molar refractivity (Wildman–Crippen MR) is 121 cm³/mol. The lowest BCUT2D eigenvalue weighted by molar-refractivity contribution is 0.113. The fraction of sp³-hybridized carbons (Fsp3) is 0.947. The zero-order valence-electron chi connectivity index (χ0n) is 16.7. The van der Waals surface area contributed by atoms with Gasteiger partial charge in [0.2, 0.25) is 0 Å². The van der Waals surface area contributed by atoms with Gasteiger partial charge in [-0.15, -0.1) is 24.0 Å². The Balaban J connectivity index is 0.00000261. The molecule has 3 fully saturated rings. The van der Waals surface area contributed by atoms with E-state index in [1.807, 2.05) is 0 Å². The molecule has 0 aromatic rings. The number of hydrogen-bond acceptors (Lipinski definition) is 4. The van der Waals surface area contributed by atoms with Crippen molar-refractivity contribution in [2.45, 2.75) is 70.9 Å². The van der Waals surface area contributed by atoms with E-state index in [-0.39, 0.29) is 41.8 Å². The topological polar surface area (TPSA) is 79.8 Å². The van der Waals surface area contributed by atoms with E-state index in [1.165, 1.54) is 12.8 Å². The fourth-order valence-corrected chi connectivity index (χ4v) is 5.99. The van der Waals surface area contributed by atoms with Gasteiger partial charge in [-0.05, 0) is 56.3 Å². The number of nitrogens with zero attached hydrogens (tertiary/aromatic N) is 1. The van der Waals surface area contributed by atoms with Gasteiger partial charge in [0.05, 0.1) is 17.6 Å². The average Bonchev–Trinajstić information content (AvgIpc) is 3.21. The Labute approximate surface area is 181 Å². The third kappa shape index (κ3) is 7.68. The van der Waals surface area contributed by atoms with Crippen LogP contribution in [-0.2, 0) is 14.6 Å². The van der Waals surface area contributed by atoms with Crippen molar-refractivity contribution < 1.29 is 13.2 Å². The van der Waals surface area contributed by atoms with Crippen molar-refractivity contribution in [3.8, 4) is 0 Å². The number of rotatable bonds is 5. The Hall–Kier alpha value is -0.0900. The van der Waals surface area contributed by atoms with E-state index in [0.717, 1.165) is 51.2 Å². The molecule has 2 saturated heterocycles. The van der Waals surface area contributed by atoms with Gasteiger partial charge in [-0.25, -0.2) is 8.42 Å². The second-order valence-electron chi connectivity index (χ2n) is 9.06. The summed E-state index contributed by atoms with van der Waals surface area (Å²) < 4.78 is 29.0. The molecule has 1 saturated carbocycles. The van der Waals surface area contributed by atoms with Crippen LogP contribution in [-0.4, -0.2) is 57.7 Å². The molecule has 2 unspecified atom stereocenters. The zero-order chi connectivity index (χ0) is 18.6. The number of sulfone groups is 1. The van der Waals surface area contributed by atoms with Gasteiger partial charge < -0.3 is 15.4 Å². The van der Waals surface area contributed by atoms with Crippen LogP contribution in [0.5, 0.6) is 0 Å². The van der Waals surface area contributed by atoms with Crippen LogP contribution in [0.25, 0.3) is 0 Å². The van der Waals surface area contributed by atoms with Crippen LogP contribution in [0, 0.1) is 11.3 Å². The molecule has 0 radical (unpaired) electrons. The number of nitrogens with one attached hydrogen (secondary N) is 2. The van der Waals surface area contributed by atoms with E-state index in [0.29, 0.717) is 23.8 Å². The van der Waals surface area contributed by atoms with Crippen LogP contribution < -0.4 is 10.6 Å². The normalized spacial score (nSPS) is 30.7. The maximum Gasteiger partial charge on any atom is 0.191 e. The third-order valence-corrected chi connectivity index (χ3v) is 7.87. The number of aliphatic imine (C=N–C) groups is 1. The Morgan fingerprint density at radius 1 is 1.19 bits per heavy atom. The minimum Gasteiger partial charge on any atom is -0.376 e. The molecule has 0 aromatic heterocycles. The standard InChI is InChI=1S/C19H35N3O3S.HI/c1-19(2)8-5-16(6-9-19)22-18(21-13-17-4-3-10-25-17)20-12-15-7-11-26(23,24)14-15;/h15-17H,3-14H2,1-2H3,(H2,20,21,22);1H. The highest BCUT2D eigenvalue weighted by atomic mass is 127. The van der Waals surface area contributed by atoms with E-state index in [4.69, 9.17) is 9.73 Å². The monoisotopic (exact) mass is 513 g/mol. The molecule has 0 spiro atoms.